The standard InChI is InChI=1S/C14H9ClI2N2O2/c15-10-3-1-9(2-4-10)14(21)19-18-7-8-5-11(16)13(20)12(17)6-8/h1-7,20H,(H,19,21)/b18-7+. The number of hydrazone groups is 1. The number of benzene rings is 2. The number of hydrogen-bond acceptors (Lipinski definition) is 3. The summed E-state index contributed by atoms with van der Waals surface area (Å²) in [5.41, 5.74) is 3.71. The van der Waals surface area contributed by atoms with Crippen LogP contribution in [0.15, 0.2) is 41.5 Å². The van der Waals surface area contributed by atoms with Crippen LogP contribution in [0.3, 0.4) is 0 Å². The molecule has 7 heteroatoms. The number of carbonyl (C=O) groups is 1. The van der Waals surface area contributed by atoms with E-state index in [1.807, 2.05) is 45.2 Å². The number of rotatable bonds is 3. The zero-order valence-corrected chi connectivity index (χ0v) is 15.5. The first-order valence-corrected chi connectivity index (χ1v) is 8.28. The number of aromatic hydroxyl groups is 1. The molecule has 21 heavy (non-hydrogen) atoms. The number of nitrogens with one attached hydrogen (secondary N) is 1. The van der Waals surface area contributed by atoms with Gasteiger partial charge in [-0.3, -0.25) is 4.79 Å². The smallest absolute Gasteiger partial charge is 0.271 e. The van der Waals surface area contributed by atoms with Gasteiger partial charge in [-0.2, -0.15) is 5.10 Å². The van der Waals surface area contributed by atoms with Crippen LogP contribution in [0.4, 0.5) is 0 Å². The number of phenols is 1. The molecule has 2 rings (SSSR count). The van der Waals surface area contributed by atoms with E-state index in [2.05, 4.69) is 10.5 Å². The van der Waals surface area contributed by atoms with E-state index in [1.54, 1.807) is 36.4 Å². The third-order valence-corrected chi connectivity index (χ3v) is 4.42. The highest BCUT2D eigenvalue weighted by atomic mass is 127. The first-order chi connectivity index (χ1) is 9.97. The van der Waals surface area contributed by atoms with Crippen molar-refractivity contribution in [3.05, 3.63) is 59.7 Å². The van der Waals surface area contributed by atoms with Crippen molar-refractivity contribution in [2.24, 2.45) is 5.10 Å². The number of carbonyl (C=O) groups excluding carboxylic acids is 1. The second kappa shape index (κ2) is 7.41. The van der Waals surface area contributed by atoms with Crippen LogP contribution in [0.5, 0.6) is 5.75 Å². The fourth-order valence-corrected chi connectivity index (χ4v) is 3.43. The summed E-state index contributed by atoms with van der Waals surface area (Å²) in [4.78, 5) is 11.8. The molecule has 0 fully saturated rings. The van der Waals surface area contributed by atoms with E-state index in [0.29, 0.717) is 10.6 Å². The van der Waals surface area contributed by atoms with E-state index in [-0.39, 0.29) is 11.7 Å². The molecular weight excluding hydrogens is 517 g/mol. The summed E-state index contributed by atoms with van der Waals surface area (Å²) in [6.45, 7) is 0. The fourth-order valence-electron chi connectivity index (χ4n) is 1.49. The van der Waals surface area contributed by atoms with Crippen LogP contribution in [-0.4, -0.2) is 17.2 Å². The molecule has 108 valence electrons. The third-order valence-electron chi connectivity index (χ3n) is 2.53. The van der Waals surface area contributed by atoms with Gasteiger partial charge in [0.05, 0.1) is 13.4 Å². The van der Waals surface area contributed by atoms with Crippen molar-refractivity contribution < 1.29 is 9.90 Å². The van der Waals surface area contributed by atoms with E-state index >= 15 is 0 Å². The highest BCUT2D eigenvalue weighted by molar-refractivity contribution is 14.1. The molecule has 0 saturated heterocycles. The van der Waals surface area contributed by atoms with Crippen molar-refractivity contribution in [1.29, 1.82) is 0 Å². The molecule has 2 N–H and O–H groups in total. The van der Waals surface area contributed by atoms with Gasteiger partial charge in [-0.25, -0.2) is 5.43 Å². The van der Waals surface area contributed by atoms with Crippen LogP contribution in [0, 0.1) is 7.14 Å². The second-order valence-corrected chi connectivity index (χ2v) is 6.80. The van der Waals surface area contributed by atoms with Gasteiger partial charge in [0, 0.05) is 10.6 Å². The minimum Gasteiger partial charge on any atom is -0.506 e. The molecule has 2 aromatic carbocycles. The average Bonchev–Trinajstić information content (AvgIpc) is 2.45. The van der Waals surface area contributed by atoms with Crippen LogP contribution >= 0.6 is 56.8 Å². The topological polar surface area (TPSA) is 61.7 Å². The Kier molecular flexibility index (Phi) is 5.82. The zero-order chi connectivity index (χ0) is 15.4. The van der Waals surface area contributed by atoms with Crippen LogP contribution < -0.4 is 5.43 Å². The summed E-state index contributed by atoms with van der Waals surface area (Å²) in [5.74, 6) is -0.0651. The van der Waals surface area contributed by atoms with E-state index in [0.717, 1.165) is 12.7 Å². The summed E-state index contributed by atoms with van der Waals surface area (Å²) in [6, 6.07) is 10.1. The molecule has 1 amide bonds. The van der Waals surface area contributed by atoms with Gasteiger partial charge in [0.25, 0.3) is 5.91 Å². The van der Waals surface area contributed by atoms with Crippen molar-refractivity contribution in [2.75, 3.05) is 0 Å². The summed E-state index contributed by atoms with van der Waals surface area (Å²) < 4.78 is 1.45. The van der Waals surface area contributed by atoms with Gasteiger partial charge in [0.15, 0.2) is 0 Å². The van der Waals surface area contributed by atoms with Gasteiger partial charge >= 0.3 is 0 Å². The summed E-state index contributed by atoms with van der Waals surface area (Å²) in [5, 5.41) is 14.2. The van der Waals surface area contributed by atoms with E-state index in [9.17, 15) is 9.90 Å². The van der Waals surface area contributed by atoms with Crippen LogP contribution in [-0.2, 0) is 0 Å². The maximum Gasteiger partial charge on any atom is 0.271 e. The van der Waals surface area contributed by atoms with Crippen molar-refractivity contribution in [1.82, 2.24) is 5.43 Å². The Morgan fingerprint density at radius 2 is 1.76 bits per heavy atom. The zero-order valence-electron chi connectivity index (χ0n) is 10.5. The largest absolute Gasteiger partial charge is 0.506 e. The number of nitrogens with zero attached hydrogens (tertiary/aromatic N) is 1. The number of halogens is 3. The van der Waals surface area contributed by atoms with Gasteiger partial charge in [-0.1, -0.05) is 11.6 Å². The van der Waals surface area contributed by atoms with Crippen molar-refractivity contribution >= 4 is 68.9 Å². The lowest BCUT2D eigenvalue weighted by molar-refractivity contribution is 0.0955. The highest BCUT2D eigenvalue weighted by Gasteiger charge is 2.05. The number of amides is 1. The van der Waals surface area contributed by atoms with Gasteiger partial charge in [0.1, 0.15) is 5.75 Å². The average molecular weight is 526 g/mol. The Labute approximate surface area is 153 Å². The molecule has 4 nitrogen and oxygen atoms in total. The van der Waals surface area contributed by atoms with Crippen molar-refractivity contribution in [3.63, 3.8) is 0 Å². The third kappa shape index (κ3) is 4.55. The van der Waals surface area contributed by atoms with Crippen LogP contribution in [0.1, 0.15) is 15.9 Å². The summed E-state index contributed by atoms with van der Waals surface area (Å²) in [7, 11) is 0. The van der Waals surface area contributed by atoms with Gasteiger partial charge in [-0.05, 0) is 87.1 Å². The van der Waals surface area contributed by atoms with E-state index < -0.39 is 0 Å². The monoisotopic (exact) mass is 526 g/mol. The molecule has 0 aliphatic heterocycles. The molecule has 0 spiro atoms. The lowest BCUT2D eigenvalue weighted by atomic mass is 10.2. The SMILES string of the molecule is O=C(N/N=C/c1cc(I)c(O)c(I)c1)c1ccc(Cl)cc1. The highest BCUT2D eigenvalue weighted by Crippen LogP contribution is 2.26. The number of hydrogen-bond donors (Lipinski definition) is 2. The number of phenolic OH excluding ortho intramolecular Hbond substituents is 1. The minimum atomic E-state index is -0.314. The lowest BCUT2D eigenvalue weighted by Gasteiger charge is -2.02. The molecule has 2 aromatic rings. The van der Waals surface area contributed by atoms with Gasteiger partial charge < -0.3 is 5.11 Å². The Balaban J connectivity index is 2.05. The molecule has 0 aliphatic rings. The first-order valence-electron chi connectivity index (χ1n) is 5.74. The van der Waals surface area contributed by atoms with Crippen LogP contribution in [0.2, 0.25) is 5.02 Å². The molecular formula is C14H9ClI2N2O2. The molecule has 0 radical (unpaired) electrons. The second-order valence-electron chi connectivity index (χ2n) is 4.04. The van der Waals surface area contributed by atoms with Gasteiger partial charge in [-0.15, -0.1) is 0 Å². The predicted molar refractivity (Wildman–Crippen MR) is 100 cm³/mol. The van der Waals surface area contributed by atoms with E-state index in [4.69, 9.17) is 11.6 Å². The summed E-state index contributed by atoms with van der Waals surface area (Å²) >= 11 is 9.83. The van der Waals surface area contributed by atoms with Crippen LogP contribution in [0.25, 0.3) is 0 Å². The Morgan fingerprint density at radius 1 is 1.19 bits per heavy atom. The molecule has 0 atom stereocenters. The Hall–Kier alpha value is -0.870. The molecule has 0 unspecified atom stereocenters. The quantitative estimate of drug-likeness (QED) is 0.361. The Morgan fingerprint density at radius 3 is 2.33 bits per heavy atom. The fraction of sp³-hybridized carbons (Fsp3) is 0. The molecule has 0 aromatic heterocycles. The Bertz CT molecular complexity index is 680. The minimum absolute atomic E-state index is 0.249. The molecule has 0 aliphatic carbocycles. The maximum atomic E-state index is 11.8. The molecule has 0 saturated carbocycles. The van der Waals surface area contributed by atoms with Crippen molar-refractivity contribution in [2.45, 2.75) is 0 Å². The molecule has 0 bridgehead atoms. The summed E-state index contributed by atoms with van der Waals surface area (Å²) in [6.07, 6.45) is 1.53. The lowest BCUT2D eigenvalue weighted by Crippen LogP contribution is -2.17. The maximum absolute atomic E-state index is 11.8. The normalized spacial score (nSPS) is 10.8. The van der Waals surface area contributed by atoms with E-state index in [1.165, 1.54) is 6.21 Å². The first kappa shape index (κ1) is 16.5. The van der Waals surface area contributed by atoms with Crippen molar-refractivity contribution in [3.8, 4) is 5.75 Å². The molecule has 0 heterocycles. The predicted octanol–water partition coefficient (Wildman–Crippen LogP) is 4.02. The van der Waals surface area contributed by atoms with Gasteiger partial charge in [0.2, 0.25) is 0 Å².